The number of ether oxygens (including phenoxy) is 1. The second-order valence-corrected chi connectivity index (χ2v) is 8.46. The Balaban J connectivity index is 1.39. The van der Waals surface area contributed by atoms with E-state index in [0.717, 1.165) is 12.1 Å². The van der Waals surface area contributed by atoms with Crippen LogP contribution in [0.1, 0.15) is 35.3 Å². The van der Waals surface area contributed by atoms with Crippen molar-refractivity contribution in [1.82, 2.24) is 20.5 Å². The van der Waals surface area contributed by atoms with Gasteiger partial charge in [-0.3, -0.25) is 19.3 Å². The number of aromatic nitrogens is 1. The molecule has 0 saturated carbocycles. The van der Waals surface area contributed by atoms with Gasteiger partial charge < -0.3 is 20.3 Å². The number of amides is 3. The summed E-state index contributed by atoms with van der Waals surface area (Å²) < 4.78 is 5.65. The van der Waals surface area contributed by atoms with Crippen LogP contribution in [0.4, 0.5) is 5.69 Å². The van der Waals surface area contributed by atoms with Crippen LogP contribution >= 0.6 is 0 Å². The van der Waals surface area contributed by atoms with Crippen LogP contribution in [0.15, 0.2) is 42.6 Å². The number of para-hydroxylation sites is 1. The molecule has 0 saturated heterocycles. The van der Waals surface area contributed by atoms with Crippen LogP contribution in [0.25, 0.3) is 0 Å². The third-order valence-corrected chi connectivity index (χ3v) is 6.03. The minimum atomic E-state index is -0.303. The zero-order valence-electron chi connectivity index (χ0n) is 19.3. The average Bonchev–Trinajstić information content (AvgIpc) is 3.28. The van der Waals surface area contributed by atoms with Crippen LogP contribution in [0.2, 0.25) is 0 Å². The van der Waals surface area contributed by atoms with E-state index in [2.05, 4.69) is 26.6 Å². The fourth-order valence-electron chi connectivity index (χ4n) is 4.31. The third-order valence-electron chi connectivity index (χ3n) is 6.03. The number of fused-ring (bicyclic) bond motifs is 2. The molecule has 0 radical (unpaired) electrons. The number of nitrogens with zero attached hydrogens (tertiary/aromatic N) is 3. The van der Waals surface area contributed by atoms with Crippen molar-refractivity contribution in [2.75, 3.05) is 50.8 Å². The molecule has 3 amide bonds. The van der Waals surface area contributed by atoms with Crippen molar-refractivity contribution in [1.29, 1.82) is 0 Å². The van der Waals surface area contributed by atoms with Crippen molar-refractivity contribution in [3.63, 3.8) is 0 Å². The molecule has 180 valence electrons. The molecular weight excluding hydrogens is 434 g/mol. The van der Waals surface area contributed by atoms with E-state index >= 15 is 0 Å². The molecule has 9 nitrogen and oxygen atoms in total. The molecular formula is C25H31N5O4. The SMILES string of the molecule is O=C1CCCN(CC(=O)N2CCc3ccccc32)CCCNC(=O)c2ncccc2OCCN1. The van der Waals surface area contributed by atoms with Gasteiger partial charge in [-0.2, -0.15) is 0 Å². The van der Waals surface area contributed by atoms with Crippen molar-refractivity contribution in [2.24, 2.45) is 0 Å². The maximum Gasteiger partial charge on any atom is 0.273 e. The second kappa shape index (κ2) is 11.6. The molecule has 0 bridgehead atoms. The third kappa shape index (κ3) is 6.11. The molecule has 2 aliphatic heterocycles. The lowest BCUT2D eigenvalue weighted by Gasteiger charge is -2.25. The zero-order chi connectivity index (χ0) is 23.8. The minimum Gasteiger partial charge on any atom is -0.489 e. The maximum absolute atomic E-state index is 13.1. The van der Waals surface area contributed by atoms with Crippen LogP contribution in [-0.4, -0.2) is 73.5 Å². The van der Waals surface area contributed by atoms with Crippen molar-refractivity contribution in [3.05, 3.63) is 53.9 Å². The van der Waals surface area contributed by atoms with Crippen LogP contribution < -0.4 is 20.3 Å². The van der Waals surface area contributed by atoms with E-state index in [1.165, 1.54) is 5.56 Å². The first-order chi connectivity index (χ1) is 16.6. The first kappa shape index (κ1) is 23.7. The smallest absolute Gasteiger partial charge is 0.273 e. The number of carbonyl (C=O) groups is 3. The second-order valence-electron chi connectivity index (χ2n) is 8.46. The zero-order valence-corrected chi connectivity index (χ0v) is 19.3. The van der Waals surface area contributed by atoms with Crippen LogP contribution in [0, 0.1) is 0 Å². The normalized spacial score (nSPS) is 18.3. The minimum absolute atomic E-state index is 0.0559. The molecule has 2 N–H and O–H groups in total. The number of hydrogen-bond donors (Lipinski definition) is 2. The molecule has 0 unspecified atom stereocenters. The van der Waals surface area contributed by atoms with Crippen LogP contribution in [-0.2, 0) is 16.0 Å². The predicted octanol–water partition coefficient (Wildman–Crippen LogP) is 1.38. The summed E-state index contributed by atoms with van der Waals surface area (Å²) in [6.45, 7) is 3.27. The van der Waals surface area contributed by atoms with E-state index in [1.54, 1.807) is 18.3 Å². The molecule has 9 heteroatoms. The van der Waals surface area contributed by atoms with Gasteiger partial charge in [-0.1, -0.05) is 18.2 Å². The monoisotopic (exact) mass is 465 g/mol. The Morgan fingerprint density at radius 1 is 0.971 bits per heavy atom. The first-order valence-electron chi connectivity index (χ1n) is 11.8. The van der Waals surface area contributed by atoms with Gasteiger partial charge in [-0.15, -0.1) is 0 Å². The van der Waals surface area contributed by atoms with Gasteiger partial charge in [-0.25, -0.2) is 4.98 Å². The number of pyridine rings is 1. The molecule has 1 aromatic heterocycles. The van der Waals surface area contributed by atoms with Crippen molar-refractivity contribution >= 4 is 23.4 Å². The topological polar surface area (TPSA) is 104 Å². The Labute approximate surface area is 199 Å². The summed E-state index contributed by atoms with van der Waals surface area (Å²) in [7, 11) is 0. The Morgan fingerprint density at radius 3 is 2.74 bits per heavy atom. The maximum atomic E-state index is 13.1. The molecule has 1 aromatic carbocycles. The van der Waals surface area contributed by atoms with Gasteiger partial charge in [0.15, 0.2) is 11.4 Å². The van der Waals surface area contributed by atoms with Crippen LogP contribution in [0.3, 0.4) is 0 Å². The summed E-state index contributed by atoms with van der Waals surface area (Å²) in [6, 6.07) is 11.4. The van der Waals surface area contributed by atoms with E-state index < -0.39 is 0 Å². The summed E-state index contributed by atoms with van der Waals surface area (Å²) in [6.07, 6.45) is 4.12. The van der Waals surface area contributed by atoms with Gasteiger partial charge >= 0.3 is 0 Å². The summed E-state index contributed by atoms with van der Waals surface area (Å²) in [5.41, 5.74) is 2.41. The molecule has 2 aliphatic rings. The predicted molar refractivity (Wildman–Crippen MR) is 128 cm³/mol. The Hall–Kier alpha value is -3.46. The van der Waals surface area contributed by atoms with E-state index in [4.69, 9.17) is 4.74 Å². The first-order valence-corrected chi connectivity index (χ1v) is 11.8. The van der Waals surface area contributed by atoms with E-state index in [-0.39, 0.29) is 36.6 Å². The summed E-state index contributed by atoms with van der Waals surface area (Å²) in [5, 5.41) is 5.74. The largest absolute Gasteiger partial charge is 0.489 e. The van der Waals surface area contributed by atoms with Crippen LogP contribution in [0.5, 0.6) is 5.75 Å². The average molecular weight is 466 g/mol. The van der Waals surface area contributed by atoms with E-state index in [9.17, 15) is 14.4 Å². The fraction of sp³-hybridized carbons (Fsp3) is 0.440. The fourth-order valence-corrected chi connectivity index (χ4v) is 4.31. The van der Waals surface area contributed by atoms with Gasteiger partial charge in [0.05, 0.1) is 13.1 Å². The van der Waals surface area contributed by atoms with Crippen molar-refractivity contribution < 1.29 is 19.1 Å². The molecule has 2 aromatic rings. The van der Waals surface area contributed by atoms with Crippen molar-refractivity contribution in [2.45, 2.75) is 25.7 Å². The summed E-state index contributed by atoms with van der Waals surface area (Å²) >= 11 is 0. The number of carbonyl (C=O) groups excluding carboxylic acids is 3. The lowest BCUT2D eigenvalue weighted by atomic mass is 10.2. The van der Waals surface area contributed by atoms with Gasteiger partial charge in [0.1, 0.15) is 6.61 Å². The van der Waals surface area contributed by atoms with Gasteiger partial charge in [0.25, 0.3) is 5.91 Å². The van der Waals surface area contributed by atoms with Gasteiger partial charge in [0, 0.05) is 37.9 Å². The molecule has 0 fully saturated rings. The quantitative estimate of drug-likeness (QED) is 0.695. The highest BCUT2D eigenvalue weighted by Gasteiger charge is 2.25. The Morgan fingerprint density at radius 2 is 1.82 bits per heavy atom. The molecule has 34 heavy (non-hydrogen) atoms. The van der Waals surface area contributed by atoms with Gasteiger partial charge in [0.2, 0.25) is 11.8 Å². The molecule has 0 atom stereocenters. The van der Waals surface area contributed by atoms with Gasteiger partial charge in [-0.05, 0) is 49.6 Å². The van der Waals surface area contributed by atoms with Crippen molar-refractivity contribution in [3.8, 4) is 5.75 Å². The standard InChI is InChI=1S/C25H31N5O4/c31-22-9-4-14-29(18-23(32)30-16-10-19-6-1-2-7-20(19)30)15-5-12-28-25(33)24-21(8-3-11-27-24)34-17-13-26-22/h1-3,6-8,11H,4-5,9-10,12-18H2,(H,26,31)(H,28,33). The molecule has 0 aliphatic carbocycles. The Kier molecular flexibility index (Phi) is 8.08. The highest BCUT2D eigenvalue weighted by molar-refractivity contribution is 5.97. The van der Waals surface area contributed by atoms with E-state index in [0.29, 0.717) is 57.7 Å². The Bertz CT molecular complexity index is 1030. The molecule has 0 spiro atoms. The summed E-state index contributed by atoms with van der Waals surface area (Å²) in [4.78, 5) is 46.0. The summed E-state index contributed by atoms with van der Waals surface area (Å²) in [5.74, 6) is 0.0882. The van der Waals surface area contributed by atoms with E-state index in [1.807, 2.05) is 23.1 Å². The molecule has 4 rings (SSSR count). The number of benzene rings is 1. The highest BCUT2D eigenvalue weighted by atomic mass is 16.5. The lowest BCUT2D eigenvalue weighted by Crippen LogP contribution is -2.41. The number of rotatable bonds is 2. The number of hydrogen-bond acceptors (Lipinski definition) is 6. The molecule has 3 heterocycles. The number of nitrogens with one attached hydrogen (secondary N) is 2. The number of anilines is 1. The highest BCUT2D eigenvalue weighted by Crippen LogP contribution is 2.27. The lowest BCUT2D eigenvalue weighted by molar-refractivity contribution is -0.121.